The van der Waals surface area contributed by atoms with E-state index in [4.69, 9.17) is 16.4 Å². The molecule has 0 heterocycles. The molecule has 0 amide bonds. The first-order valence-electron chi connectivity index (χ1n) is 2.88. The van der Waals surface area contributed by atoms with E-state index in [-0.39, 0.29) is 11.4 Å². The number of rotatable bonds is 1. The molecule has 0 saturated carbocycles. The summed E-state index contributed by atoms with van der Waals surface area (Å²) in [6.45, 7) is 1.61. The summed E-state index contributed by atoms with van der Waals surface area (Å²) in [5.41, 5.74) is 5.97. The summed E-state index contributed by atoms with van der Waals surface area (Å²) in [5, 5.41) is 17.2. The molecule has 0 fully saturated rings. The third kappa shape index (κ3) is 1.88. The molecule has 0 aliphatic rings. The highest BCUT2D eigenvalue weighted by Gasteiger charge is 2.07. The number of likely N-dealkylation sites (N-methyl/N-ethyl adjacent to an activating group) is 1. The van der Waals surface area contributed by atoms with Gasteiger partial charge in [-0.25, -0.2) is 5.41 Å². The lowest BCUT2D eigenvalue weighted by molar-refractivity contribution is -0.506. The predicted octanol–water partition coefficient (Wildman–Crippen LogP) is -1.09. The Hall–Kier alpha value is -1.34. The highest BCUT2D eigenvalue weighted by atomic mass is 14.9. The average Bonchev–Trinajstić information content (AvgIpc) is 1.88. The molecule has 54 valence electrons. The third-order valence-corrected chi connectivity index (χ3v) is 1.06. The first-order valence-corrected chi connectivity index (χ1v) is 2.88. The van der Waals surface area contributed by atoms with E-state index < -0.39 is 0 Å². The van der Waals surface area contributed by atoms with E-state index in [1.54, 1.807) is 14.0 Å². The van der Waals surface area contributed by atoms with Gasteiger partial charge in [0.25, 0.3) is 0 Å². The number of nitrogens with one attached hydrogen (secondary N) is 1. The zero-order chi connectivity index (χ0) is 8.15. The Labute approximate surface area is 59.8 Å². The van der Waals surface area contributed by atoms with Crippen LogP contribution in [0.4, 0.5) is 0 Å². The highest BCUT2D eigenvalue weighted by molar-refractivity contribution is 5.92. The van der Waals surface area contributed by atoms with Crippen LogP contribution in [0.15, 0.2) is 11.3 Å². The highest BCUT2D eigenvalue weighted by Crippen LogP contribution is 1.92. The van der Waals surface area contributed by atoms with E-state index in [1.165, 1.54) is 5.32 Å². The minimum atomic E-state index is 0.183. The summed E-state index contributed by atoms with van der Waals surface area (Å²) >= 11 is 0. The van der Waals surface area contributed by atoms with E-state index >= 15 is 0 Å². The van der Waals surface area contributed by atoms with Gasteiger partial charge >= 0.3 is 0 Å². The van der Waals surface area contributed by atoms with Crippen LogP contribution in [0, 0.1) is 16.7 Å². The molecule has 0 aliphatic heterocycles. The molecule has 0 radical (unpaired) electrons. The predicted molar refractivity (Wildman–Crippen MR) is 38.1 cm³/mol. The SMILES string of the molecule is C[NH2+]C(=N)C(C#N)=C(C)N. The van der Waals surface area contributed by atoms with Crippen LogP contribution in [-0.2, 0) is 0 Å². The molecule has 0 atom stereocenters. The van der Waals surface area contributed by atoms with Gasteiger partial charge in [-0.3, -0.25) is 5.32 Å². The molecule has 0 rings (SSSR count). The van der Waals surface area contributed by atoms with Crippen LogP contribution in [0.1, 0.15) is 6.92 Å². The Kier molecular flexibility index (Phi) is 3.15. The molecule has 0 aromatic carbocycles. The van der Waals surface area contributed by atoms with E-state index in [9.17, 15) is 0 Å². The molecule has 4 nitrogen and oxygen atoms in total. The molecule has 5 N–H and O–H groups in total. The molecule has 10 heavy (non-hydrogen) atoms. The second-order valence-corrected chi connectivity index (χ2v) is 1.87. The van der Waals surface area contributed by atoms with Crippen molar-refractivity contribution in [2.75, 3.05) is 7.05 Å². The number of allylic oxidation sites excluding steroid dienone is 1. The largest absolute Gasteiger partial charge is 0.401 e. The van der Waals surface area contributed by atoms with Crippen LogP contribution in [0.2, 0.25) is 0 Å². The fraction of sp³-hybridized carbons (Fsp3) is 0.333. The van der Waals surface area contributed by atoms with Crippen molar-refractivity contribution >= 4 is 5.84 Å². The topological polar surface area (TPSA) is 90.3 Å². The summed E-state index contributed by atoms with van der Waals surface area (Å²) in [5.74, 6) is 0.183. The fourth-order valence-corrected chi connectivity index (χ4v) is 0.505. The number of nitrogens with zero attached hydrogens (tertiary/aromatic N) is 1. The van der Waals surface area contributed by atoms with E-state index in [2.05, 4.69) is 0 Å². The zero-order valence-electron chi connectivity index (χ0n) is 6.10. The van der Waals surface area contributed by atoms with Crippen LogP contribution < -0.4 is 11.1 Å². The molecule has 0 unspecified atom stereocenters. The van der Waals surface area contributed by atoms with Crippen molar-refractivity contribution in [3.05, 3.63) is 11.3 Å². The van der Waals surface area contributed by atoms with Crippen molar-refractivity contribution in [3.63, 3.8) is 0 Å². The van der Waals surface area contributed by atoms with Crippen LogP contribution in [0.5, 0.6) is 0 Å². The smallest absolute Gasteiger partial charge is 0.236 e. The van der Waals surface area contributed by atoms with Gasteiger partial charge < -0.3 is 5.73 Å². The van der Waals surface area contributed by atoms with Crippen LogP contribution in [0.25, 0.3) is 0 Å². The lowest BCUT2D eigenvalue weighted by atomic mass is 10.2. The van der Waals surface area contributed by atoms with Gasteiger partial charge in [0, 0.05) is 5.70 Å². The molecule has 0 saturated heterocycles. The monoisotopic (exact) mass is 139 g/mol. The van der Waals surface area contributed by atoms with E-state index in [1.807, 2.05) is 6.07 Å². The van der Waals surface area contributed by atoms with Gasteiger partial charge in [0.05, 0.1) is 7.05 Å². The van der Waals surface area contributed by atoms with Crippen molar-refractivity contribution in [2.45, 2.75) is 6.92 Å². The van der Waals surface area contributed by atoms with Crippen molar-refractivity contribution in [3.8, 4) is 6.07 Å². The van der Waals surface area contributed by atoms with Gasteiger partial charge in [-0.15, -0.1) is 0 Å². The number of amidine groups is 1. The van der Waals surface area contributed by atoms with Crippen molar-refractivity contribution in [2.24, 2.45) is 5.73 Å². The molecule has 4 heteroatoms. The number of quaternary nitrogens is 1. The number of hydrogen-bond acceptors (Lipinski definition) is 3. The summed E-state index contributed by atoms with van der Waals surface area (Å²) < 4.78 is 0. The van der Waals surface area contributed by atoms with Crippen LogP contribution >= 0.6 is 0 Å². The molecule has 0 aromatic rings. The second-order valence-electron chi connectivity index (χ2n) is 1.87. The standard InChI is InChI=1S/C6H10N4/c1-4(8)5(3-7)6(9)10-2/h8H2,1-2H3,(H2,9,10)/p+1. The number of nitrogens with two attached hydrogens (primary N) is 2. The van der Waals surface area contributed by atoms with Gasteiger partial charge in [0.2, 0.25) is 5.84 Å². The molecule has 0 aromatic heterocycles. The van der Waals surface area contributed by atoms with Crippen molar-refractivity contribution < 1.29 is 5.32 Å². The van der Waals surface area contributed by atoms with E-state index in [0.29, 0.717) is 5.70 Å². The van der Waals surface area contributed by atoms with Gasteiger partial charge in [-0.05, 0) is 6.92 Å². The van der Waals surface area contributed by atoms with Gasteiger partial charge in [0.15, 0.2) is 5.57 Å². The van der Waals surface area contributed by atoms with Crippen molar-refractivity contribution in [1.82, 2.24) is 0 Å². The Morgan fingerprint density at radius 1 is 1.70 bits per heavy atom. The Morgan fingerprint density at radius 2 is 2.20 bits per heavy atom. The first kappa shape index (κ1) is 8.66. The summed E-state index contributed by atoms with van der Waals surface area (Å²) in [7, 11) is 1.70. The lowest BCUT2D eigenvalue weighted by Gasteiger charge is -1.95. The Balaban J connectivity index is 4.59. The molecule has 0 aliphatic carbocycles. The maximum atomic E-state index is 8.45. The minimum Gasteiger partial charge on any atom is -0.401 e. The average molecular weight is 139 g/mol. The lowest BCUT2D eigenvalue weighted by Crippen LogP contribution is -2.84. The Morgan fingerprint density at radius 3 is 2.30 bits per heavy atom. The zero-order valence-corrected chi connectivity index (χ0v) is 6.10. The quantitative estimate of drug-likeness (QED) is 0.245. The number of hydrogen-bond donors (Lipinski definition) is 3. The molecule has 0 bridgehead atoms. The minimum absolute atomic E-state index is 0.183. The molecular weight excluding hydrogens is 128 g/mol. The normalized spacial score (nSPS) is 11.7. The second kappa shape index (κ2) is 3.64. The van der Waals surface area contributed by atoms with Crippen LogP contribution in [-0.4, -0.2) is 12.9 Å². The van der Waals surface area contributed by atoms with Gasteiger partial charge in [0.1, 0.15) is 6.07 Å². The van der Waals surface area contributed by atoms with Gasteiger partial charge in [-0.2, -0.15) is 5.26 Å². The summed E-state index contributed by atoms with van der Waals surface area (Å²) in [6.07, 6.45) is 0. The summed E-state index contributed by atoms with van der Waals surface area (Å²) in [4.78, 5) is 0. The van der Waals surface area contributed by atoms with E-state index in [0.717, 1.165) is 0 Å². The van der Waals surface area contributed by atoms with Crippen LogP contribution in [0.3, 0.4) is 0 Å². The number of nitriles is 1. The van der Waals surface area contributed by atoms with Gasteiger partial charge in [-0.1, -0.05) is 0 Å². The maximum Gasteiger partial charge on any atom is 0.236 e. The fourth-order valence-electron chi connectivity index (χ4n) is 0.505. The maximum absolute atomic E-state index is 8.45. The molecular formula is C6H11N4+. The summed E-state index contributed by atoms with van der Waals surface area (Å²) in [6, 6.07) is 1.85. The third-order valence-electron chi connectivity index (χ3n) is 1.06. The Bertz CT molecular complexity index is 204. The first-order chi connectivity index (χ1) is 4.63. The molecule has 0 spiro atoms. The van der Waals surface area contributed by atoms with Crippen molar-refractivity contribution in [1.29, 1.82) is 10.7 Å².